The molecule has 0 saturated carbocycles. The number of nitrogens with zero attached hydrogens (tertiary/aromatic N) is 3. The normalized spacial score (nSPS) is 14.7. The number of carbonyl (C=O) groups is 1. The molecule has 1 amide bonds. The van der Waals surface area contributed by atoms with Crippen molar-refractivity contribution < 1.29 is 4.79 Å². The lowest BCUT2D eigenvalue weighted by molar-refractivity contribution is 0.0749. The van der Waals surface area contributed by atoms with Gasteiger partial charge in [-0.25, -0.2) is 4.98 Å². The van der Waals surface area contributed by atoms with Crippen molar-refractivity contribution in [3.05, 3.63) is 70.7 Å². The van der Waals surface area contributed by atoms with E-state index < -0.39 is 0 Å². The molecular formula is C23H20ClN3OS. The average molecular weight is 422 g/mol. The van der Waals surface area contributed by atoms with Crippen LogP contribution in [0.25, 0.3) is 21.0 Å². The zero-order valence-electron chi connectivity index (χ0n) is 16.1. The summed E-state index contributed by atoms with van der Waals surface area (Å²) in [6.45, 7) is 4.97. The second-order valence-corrected chi connectivity index (χ2v) is 8.73. The molecule has 4 aromatic rings. The molecule has 29 heavy (non-hydrogen) atoms. The number of halogens is 1. The van der Waals surface area contributed by atoms with Gasteiger partial charge in [0.2, 0.25) is 0 Å². The molecule has 5 rings (SSSR count). The molecule has 0 bridgehead atoms. The highest BCUT2D eigenvalue weighted by Gasteiger charge is 2.25. The molecule has 1 saturated heterocycles. The van der Waals surface area contributed by atoms with Gasteiger partial charge >= 0.3 is 0 Å². The Hall–Kier alpha value is -2.63. The summed E-state index contributed by atoms with van der Waals surface area (Å²) in [4.78, 5) is 22.2. The Bertz CT molecular complexity index is 1180. The van der Waals surface area contributed by atoms with Crippen molar-refractivity contribution in [3.63, 3.8) is 0 Å². The number of aromatic nitrogens is 1. The number of amides is 1. The molecule has 1 aliphatic rings. The lowest BCUT2D eigenvalue weighted by atomic mass is 10.0. The largest absolute Gasteiger partial charge is 0.345 e. The maximum atomic E-state index is 13.2. The smallest absolute Gasteiger partial charge is 0.254 e. The minimum absolute atomic E-state index is 0.102. The van der Waals surface area contributed by atoms with Gasteiger partial charge in [-0.15, -0.1) is 0 Å². The van der Waals surface area contributed by atoms with E-state index in [1.807, 2.05) is 59.5 Å². The molecule has 0 unspecified atom stereocenters. The van der Waals surface area contributed by atoms with Crippen LogP contribution in [0.3, 0.4) is 0 Å². The zero-order chi connectivity index (χ0) is 20.0. The first-order chi connectivity index (χ1) is 14.1. The maximum absolute atomic E-state index is 13.2. The van der Waals surface area contributed by atoms with Gasteiger partial charge < -0.3 is 9.80 Å². The van der Waals surface area contributed by atoms with E-state index in [-0.39, 0.29) is 5.91 Å². The summed E-state index contributed by atoms with van der Waals surface area (Å²) in [5.41, 5.74) is 2.89. The lowest BCUT2D eigenvalue weighted by Gasteiger charge is -2.34. The third kappa shape index (κ3) is 3.24. The van der Waals surface area contributed by atoms with Crippen LogP contribution >= 0.6 is 22.9 Å². The first-order valence-electron chi connectivity index (χ1n) is 9.69. The number of rotatable bonds is 2. The third-order valence-electron chi connectivity index (χ3n) is 5.54. The van der Waals surface area contributed by atoms with Crippen molar-refractivity contribution in [2.75, 3.05) is 31.1 Å². The van der Waals surface area contributed by atoms with Gasteiger partial charge in [0.25, 0.3) is 5.91 Å². The second kappa shape index (κ2) is 7.32. The highest BCUT2D eigenvalue weighted by molar-refractivity contribution is 7.22. The van der Waals surface area contributed by atoms with Gasteiger partial charge in [-0.1, -0.05) is 65.4 Å². The number of benzene rings is 3. The number of fused-ring (bicyclic) bond motifs is 2. The number of carbonyl (C=O) groups excluding carboxylic acids is 1. The van der Waals surface area contributed by atoms with Crippen LogP contribution in [0.5, 0.6) is 0 Å². The van der Waals surface area contributed by atoms with Crippen LogP contribution in [0.1, 0.15) is 15.9 Å². The Morgan fingerprint density at radius 2 is 1.76 bits per heavy atom. The van der Waals surface area contributed by atoms with Crippen molar-refractivity contribution in [1.82, 2.24) is 9.88 Å². The molecule has 1 aliphatic heterocycles. The average Bonchev–Trinajstić information content (AvgIpc) is 3.22. The summed E-state index contributed by atoms with van der Waals surface area (Å²) in [5.74, 6) is 0.102. The molecule has 0 radical (unpaired) electrons. The Morgan fingerprint density at radius 1 is 1.00 bits per heavy atom. The number of hydrogen-bond donors (Lipinski definition) is 0. The van der Waals surface area contributed by atoms with Crippen LogP contribution < -0.4 is 4.90 Å². The minimum atomic E-state index is 0.102. The first kappa shape index (κ1) is 18.4. The highest BCUT2D eigenvalue weighted by atomic mass is 35.5. The van der Waals surface area contributed by atoms with E-state index in [1.54, 1.807) is 11.3 Å². The van der Waals surface area contributed by atoms with E-state index in [2.05, 4.69) is 11.8 Å². The highest BCUT2D eigenvalue weighted by Crippen LogP contribution is 2.36. The minimum Gasteiger partial charge on any atom is -0.345 e. The third-order valence-corrected chi connectivity index (χ3v) is 7.12. The van der Waals surface area contributed by atoms with Gasteiger partial charge in [-0.2, -0.15) is 0 Å². The SMILES string of the molecule is Cc1ccc(Cl)c2sc(N3CCN(C(=O)c4cccc5ccccc45)CC3)nc12. The van der Waals surface area contributed by atoms with Crippen LogP contribution in [-0.2, 0) is 0 Å². The molecule has 0 atom stereocenters. The quantitative estimate of drug-likeness (QED) is 0.436. The van der Waals surface area contributed by atoms with Crippen LogP contribution in [-0.4, -0.2) is 42.0 Å². The molecule has 0 N–H and O–H groups in total. The molecule has 146 valence electrons. The summed E-state index contributed by atoms with van der Waals surface area (Å²) < 4.78 is 1.04. The summed E-state index contributed by atoms with van der Waals surface area (Å²) in [5, 5.41) is 3.84. The Balaban J connectivity index is 1.36. The van der Waals surface area contributed by atoms with Crippen LogP contribution in [0.15, 0.2) is 54.6 Å². The summed E-state index contributed by atoms with van der Waals surface area (Å²) >= 11 is 7.99. The Kier molecular flexibility index (Phi) is 4.64. The molecule has 6 heteroatoms. The summed E-state index contributed by atoms with van der Waals surface area (Å²) in [6, 6.07) is 17.9. The van der Waals surface area contributed by atoms with E-state index >= 15 is 0 Å². The molecule has 1 fully saturated rings. The number of anilines is 1. The number of thiazole rings is 1. The second-order valence-electron chi connectivity index (χ2n) is 7.34. The van der Waals surface area contributed by atoms with Crippen LogP contribution in [0, 0.1) is 6.92 Å². The van der Waals surface area contributed by atoms with Crippen molar-refractivity contribution in [1.29, 1.82) is 0 Å². The van der Waals surface area contributed by atoms with E-state index in [0.29, 0.717) is 13.1 Å². The predicted octanol–water partition coefficient (Wildman–Crippen LogP) is 5.37. The summed E-state index contributed by atoms with van der Waals surface area (Å²) in [7, 11) is 0. The fraction of sp³-hybridized carbons (Fsp3) is 0.217. The predicted molar refractivity (Wildman–Crippen MR) is 121 cm³/mol. The maximum Gasteiger partial charge on any atom is 0.254 e. The Morgan fingerprint density at radius 3 is 2.55 bits per heavy atom. The number of aryl methyl sites for hydroxylation is 1. The zero-order valence-corrected chi connectivity index (χ0v) is 17.6. The standard InChI is InChI=1S/C23H20ClN3OS/c1-15-9-10-19(24)21-20(15)25-23(29-21)27-13-11-26(12-14-27)22(28)18-8-4-6-16-5-2-3-7-17(16)18/h2-10H,11-14H2,1H3. The molecule has 0 spiro atoms. The van der Waals surface area contributed by atoms with Gasteiger partial charge in [0.1, 0.15) is 0 Å². The molecule has 4 nitrogen and oxygen atoms in total. The fourth-order valence-corrected chi connectivity index (χ4v) is 5.28. The monoisotopic (exact) mass is 421 g/mol. The van der Waals surface area contributed by atoms with E-state index in [4.69, 9.17) is 16.6 Å². The number of hydrogen-bond acceptors (Lipinski definition) is 4. The molecule has 2 heterocycles. The lowest BCUT2D eigenvalue weighted by Crippen LogP contribution is -2.48. The topological polar surface area (TPSA) is 36.4 Å². The van der Waals surface area contributed by atoms with Gasteiger partial charge in [-0.3, -0.25) is 4.79 Å². The first-order valence-corrected chi connectivity index (χ1v) is 10.9. The molecule has 1 aromatic heterocycles. The van der Waals surface area contributed by atoms with E-state index in [9.17, 15) is 4.79 Å². The number of piperazine rings is 1. The fourth-order valence-electron chi connectivity index (χ4n) is 3.91. The van der Waals surface area contributed by atoms with Gasteiger partial charge in [-0.05, 0) is 35.4 Å². The van der Waals surface area contributed by atoms with Crippen molar-refractivity contribution in [2.45, 2.75) is 6.92 Å². The van der Waals surface area contributed by atoms with Crippen molar-refractivity contribution in [2.24, 2.45) is 0 Å². The van der Waals surface area contributed by atoms with Crippen molar-refractivity contribution >= 4 is 55.0 Å². The van der Waals surface area contributed by atoms with E-state index in [0.717, 1.165) is 55.4 Å². The van der Waals surface area contributed by atoms with Crippen LogP contribution in [0.2, 0.25) is 5.02 Å². The molecule has 3 aromatic carbocycles. The van der Waals surface area contributed by atoms with Crippen LogP contribution in [0.4, 0.5) is 5.13 Å². The van der Waals surface area contributed by atoms with Gasteiger partial charge in [0.05, 0.1) is 15.2 Å². The van der Waals surface area contributed by atoms with Gasteiger partial charge in [0, 0.05) is 31.7 Å². The molecule has 0 aliphatic carbocycles. The van der Waals surface area contributed by atoms with Gasteiger partial charge in [0.15, 0.2) is 5.13 Å². The van der Waals surface area contributed by atoms with Crippen molar-refractivity contribution in [3.8, 4) is 0 Å². The Labute approximate surface area is 178 Å². The van der Waals surface area contributed by atoms with E-state index in [1.165, 1.54) is 0 Å². The molecular weight excluding hydrogens is 402 g/mol. The summed E-state index contributed by atoms with van der Waals surface area (Å²) in [6.07, 6.45) is 0.